The fourth-order valence-corrected chi connectivity index (χ4v) is 3.15. The number of carbonyl (C=O) groups excluding carboxylic acids is 1. The molecule has 28 heavy (non-hydrogen) atoms. The van der Waals surface area contributed by atoms with Crippen LogP contribution in [0, 0.1) is 5.82 Å². The minimum atomic E-state index is -0.278. The molecule has 0 aliphatic rings. The van der Waals surface area contributed by atoms with Crippen molar-refractivity contribution in [2.45, 2.75) is 19.4 Å². The van der Waals surface area contributed by atoms with Crippen LogP contribution in [0.15, 0.2) is 54.9 Å². The van der Waals surface area contributed by atoms with Crippen LogP contribution >= 0.6 is 0 Å². The fourth-order valence-electron chi connectivity index (χ4n) is 3.15. The van der Waals surface area contributed by atoms with Crippen LogP contribution < -0.4 is 5.32 Å². The molecule has 0 bridgehead atoms. The van der Waals surface area contributed by atoms with Gasteiger partial charge in [0.1, 0.15) is 5.82 Å². The van der Waals surface area contributed by atoms with Gasteiger partial charge >= 0.3 is 0 Å². The first-order chi connectivity index (χ1) is 13.5. The van der Waals surface area contributed by atoms with Crippen LogP contribution in [0.4, 0.5) is 4.39 Å². The topological polar surface area (TPSA) is 63.1 Å². The summed E-state index contributed by atoms with van der Waals surface area (Å²) in [5.74, 6) is 0.212. The zero-order valence-corrected chi connectivity index (χ0v) is 16.3. The molecule has 3 aromatic rings. The van der Waals surface area contributed by atoms with Crippen LogP contribution in [-0.4, -0.2) is 46.2 Å². The molecule has 2 aromatic heterocycles. The monoisotopic (exact) mass is 381 g/mol. The molecule has 0 aliphatic heterocycles. The van der Waals surface area contributed by atoms with Crippen molar-refractivity contribution in [1.29, 1.82) is 0 Å². The van der Waals surface area contributed by atoms with Crippen molar-refractivity contribution in [3.63, 3.8) is 0 Å². The van der Waals surface area contributed by atoms with Crippen LogP contribution in [0.5, 0.6) is 0 Å². The molecule has 2 heterocycles. The van der Waals surface area contributed by atoms with Gasteiger partial charge in [-0.25, -0.2) is 14.1 Å². The molecule has 0 aliphatic carbocycles. The van der Waals surface area contributed by atoms with Crippen molar-refractivity contribution in [2.24, 2.45) is 0 Å². The first-order valence-electron chi connectivity index (χ1n) is 9.19. The van der Waals surface area contributed by atoms with Crippen LogP contribution in [0.2, 0.25) is 0 Å². The number of pyridine rings is 1. The largest absolute Gasteiger partial charge is 0.350 e. The highest BCUT2D eigenvalue weighted by atomic mass is 19.1. The molecule has 7 heteroatoms. The number of likely N-dealkylation sites (N-methyl/N-ethyl adjacent to an activating group) is 1. The van der Waals surface area contributed by atoms with Gasteiger partial charge in [0.05, 0.1) is 23.5 Å². The number of amides is 1. The first kappa shape index (κ1) is 19.7. The smallest absolute Gasteiger partial charge is 0.254 e. The van der Waals surface area contributed by atoms with Crippen molar-refractivity contribution in [1.82, 2.24) is 25.0 Å². The van der Waals surface area contributed by atoms with E-state index < -0.39 is 0 Å². The van der Waals surface area contributed by atoms with E-state index in [9.17, 15) is 9.18 Å². The van der Waals surface area contributed by atoms with E-state index in [4.69, 9.17) is 0 Å². The van der Waals surface area contributed by atoms with E-state index in [0.29, 0.717) is 24.3 Å². The lowest BCUT2D eigenvalue weighted by Crippen LogP contribution is -2.34. The zero-order chi connectivity index (χ0) is 20.1. The molecule has 1 atom stereocenters. The maximum absolute atomic E-state index is 13.2. The number of hydrogen-bond donors (Lipinski definition) is 1. The van der Waals surface area contributed by atoms with Gasteiger partial charge in [-0.15, -0.1) is 0 Å². The summed E-state index contributed by atoms with van der Waals surface area (Å²) in [6, 6.07) is 11.8. The van der Waals surface area contributed by atoms with Gasteiger partial charge in [0.2, 0.25) is 0 Å². The summed E-state index contributed by atoms with van der Waals surface area (Å²) in [5.41, 5.74) is 2.27. The third kappa shape index (κ3) is 4.26. The van der Waals surface area contributed by atoms with E-state index in [1.807, 2.05) is 44.1 Å². The molecule has 6 nitrogen and oxygen atoms in total. The second-order valence-electron chi connectivity index (χ2n) is 6.70. The SMILES string of the molecule is CCc1c(C(=O)NCC(c2ccc(F)cc2)N(C)C)cnn1-c1ccccn1. The van der Waals surface area contributed by atoms with Gasteiger partial charge < -0.3 is 10.2 Å². The van der Waals surface area contributed by atoms with Crippen molar-refractivity contribution < 1.29 is 9.18 Å². The van der Waals surface area contributed by atoms with E-state index in [-0.39, 0.29) is 17.8 Å². The summed E-state index contributed by atoms with van der Waals surface area (Å²) >= 11 is 0. The Balaban J connectivity index is 1.77. The lowest BCUT2D eigenvalue weighted by Gasteiger charge is -2.25. The Morgan fingerprint density at radius 3 is 2.57 bits per heavy atom. The third-order valence-corrected chi connectivity index (χ3v) is 4.65. The van der Waals surface area contributed by atoms with Crippen LogP contribution in [0.1, 0.15) is 34.6 Å². The van der Waals surface area contributed by atoms with Crippen molar-refractivity contribution in [3.05, 3.63) is 77.5 Å². The minimum Gasteiger partial charge on any atom is -0.350 e. The Hall–Kier alpha value is -3.06. The van der Waals surface area contributed by atoms with Crippen molar-refractivity contribution in [3.8, 4) is 5.82 Å². The Kier molecular flexibility index (Phi) is 6.16. The van der Waals surface area contributed by atoms with Gasteiger partial charge in [-0.2, -0.15) is 5.10 Å². The molecular weight excluding hydrogens is 357 g/mol. The first-order valence-corrected chi connectivity index (χ1v) is 9.19. The third-order valence-electron chi connectivity index (χ3n) is 4.65. The van der Waals surface area contributed by atoms with Gasteiger partial charge in [0, 0.05) is 12.7 Å². The summed E-state index contributed by atoms with van der Waals surface area (Å²) < 4.78 is 14.9. The number of nitrogens with one attached hydrogen (secondary N) is 1. The van der Waals surface area contributed by atoms with Gasteiger partial charge in [0.25, 0.3) is 5.91 Å². The minimum absolute atomic E-state index is 0.0690. The predicted octanol–water partition coefficient (Wildman–Crippen LogP) is 3.00. The normalized spacial score (nSPS) is 12.2. The van der Waals surface area contributed by atoms with E-state index in [0.717, 1.165) is 11.3 Å². The Morgan fingerprint density at radius 2 is 1.96 bits per heavy atom. The molecule has 0 spiro atoms. The van der Waals surface area contributed by atoms with Crippen molar-refractivity contribution >= 4 is 5.91 Å². The summed E-state index contributed by atoms with van der Waals surface area (Å²) in [5, 5.41) is 7.33. The number of hydrogen-bond acceptors (Lipinski definition) is 4. The molecular formula is C21H24FN5O. The molecule has 1 N–H and O–H groups in total. The highest BCUT2D eigenvalue weighted by Crippen LogP contribution is 2.19. The molecule has 0 radical (unpaired) electrons. The summed E-state index contributed by atoms with van der Waals surface area (Å²) in [4.78, 5) is 19.1. The van der Waals surface area contributed by atoms with Crippen molar-refractivity contribution in [2.75, 3.05) is 20.6 Å². The molecule has 0 fully saturated rings. The Morgan fingerprint density at radius 1 is 1.21 bits per heavy atom. The highest BCUT2D eigenvalue weighted by molar-refractivity contribution is 5.95. The second-order valence-corrected chi connectivity index (χ2v) is 6.70. The maximum Gasteiger partial charge on any atom is 0.254 e. The van der Waals surface area contributed by atoms with E-state index in [1.54, 1.807) is 29.2 Å². The van der Waals surface area contributed by atoms with E-state index in [2.05, 4.69) is 15.4 Å². The molecule has 0 saturated heterocycles. The average molecular weight is 381 g/mol. The number of benzene rings is 1. The second kappa shape index (κ2) is 8.75. The molecule has 1 aromatic carbocycles. The van der Waals surface area contributed by atoms with Crippen LogP contribution in [0.25, 0.3) is 5.82 Å². The van der Waals surface area contributed by atoms with Crippen LogP contribution in [-0.2, 0) is 6.42 Å². The number of carbonyl (C=O) groups is 1. The van der Waals surface area contributed by atoms with Gasteiger partial charge in [-0.05, 0) is 50.3 Å². The molecule has 0 saturated carbocycles. The molecule has 146 valence electrons. The van der Waals surface area contributed by atoms with Gasteiger partial charge in [-0.3, -0.25) is 4.79 Å². The molecule has 3 rings (SSSR count). The summed E-state index contributed by atoms with van der Waals surface area (Å²) in [6.45, 7) is 2.38. The van der Waals surface area contributed by atoms with E-state index >= 15 is 0 Å². The van der Waals surface area contributed by atoms with Gasteiger partial charge in [0.15, 0.2) is 5.82 Å². The fraction of sp³-hybridized carbons (Fsp3) is 0.286. The Bertz CT molecular complexity index is 922. The number of aromatic nitrogens is 3. The number of halogens is 1. The van der Waals surface area contributed by atoms with E-state index in [1.165, 1.54) is 12.1 Å². The van der Waals surface area contributed by atoms with Gasteiger partial charge in [-0.1, -0.05) is 25.1 Å². The van der Waals surface area contributed by atoms with Crippen LogP contribution in [0.3, 0.4) is 0 Å². The Labute approximate surface area is 164 Å². The quantitative estimate of drug-likeness (QED) is 0.683. The molecule has 1 amide bonds. The average Bonchev–Trinajstić information content (AvgIpc) is 3.14. The molecule has 1 unspecified atom stereocenters. The lowest BCUT2D eigenvalue weighted by molar-refractivity contribution is 0.0941. The maximum atomic E-state index is 13.2. The summed E-state index contributed by atoms with van der Waals surface area (Å²) in [7, 11) is 3.85. The zero-order valence-electron chi connectivity index (χ0n) is 16.3. The summed E-state index contributed by atoms with van der Waals surface area (Å²) in [6.07, 6.45) is 3.92. The number of nitrogens with zero attached hydrogens (tertiary/aromatic N) is 4. The highest BCUT2D eigenvalue weighted by Gasteiger charge is 2.20. The lowest BCUT2D eigenvalue weighted by atomic mass is 10.1. The number of rotatable bonds is 7. The standard InChI is InChI=1S/C21H24FN5O/c1-4-18-17(13-25-27(18)20-7-5-6-12-23-20)21(28)24-14-19(26(2)3)15-8-10-16(22)11-9-15/h5-13,19H,4,14H2,1-3H3,(H,24,28). The predicted molar refractivity (Wildman–Crippen MR) is 106 cm³/mol.